The van der Waals surface area contributed by atoms with E-state index in [1.165, 1.54) is 0 Å². The summed E-state index contributed by atoms with van der Waals surface area (Å²) in [4.78, 5) is 23.3. The summed E-state index contributed by atoms with van der Waals surface area (Å²) < 4.78 is 22.5. The number of aliphatic hydroxyl groups excluding tert-OH is 2. The number of ether oxygens (including phenoxy) is 4. The van der Waals surface area contributed by atoms with E-state index in [-0.39, 0.29) is 19.3 Å². The minimum atomic E-state index is -0.566. The van der Waals surface area contributed by atoms with E-state index in [0.717, 1.165) is 86.5 Å². The van der Waals surface area contributed by atoms with E-state index >= 15 is 0 Å². The van der Waals surface area contributed by atoms with Crippen LogP contribution in [0.1, 0.15) is 53.4 Å². The molecule has 6 N–H and O–H groups in total. The summed E-state index contributed by atoms with van der Waals surface area (Å²) in [5.74, 6) is 5.95. The first-order valence-electron chi connectivity index (χ1n) is 22.0. The summed E-state index contributed by atoms with van der Waals surface area (Å²) in [7, 11) is 9.64. The molecule has 0 aliphatic carbocycles. The first kappa shape index (κ1) is 49.8. The molecule has 0 saturated carbocycles. The lowest BCUT2D eigenvalue weighted by atomic mass is 10.1. The number of nitrogens with zero attached hydrogens (tertiary/aromatic N) is 6. The molecule has 2 fully saturated rings. The Morgan fingerprint density at radius 1 is 0.677 bits per heavy atom. The maximum atomic E-state index is 9.88. The molecule has 16 nitrogen and oxygen atoms in total. The van der Waals surface area contributed by atoms with E-state index in [1.807, 2.05) is 93.5 Å². The Bertz CT molecular complexity index is 1880. The quantitative estimate of drug-likeness (QED) is 0.0712. The van der Waals surface area contributed by atoms with E-state index < -0.39 is 12.2 Å². The molecular weight excluding hydrogens is 789 g/mol. The number of benzene rings is 2. The summed E-state index contributed by atoms with van der Waals surface area (Å²) in [6.07, 6.45) is 2.78. The van der Waals surface area contributed by atoms with E-state index in [4.69, 9.17) is 38.9 Å². The van der Waals surface area contributed by atoms with E-state index in [9.17, 15) is 10.2 Å². The Balaban J connectivity index is 0.000000262. The third-order valence-electron chi connectivity index (χ3n) is 9.94. The van der Waals surface area contributed by atoms with Gasteiger partial charge in [-0.15, -0.1) is 0 Å². The molecule has 2 unspecified atom stereocenters. The number of nitrogens with one attached hydrogen (secondary N) is 4. The topological polar surface area (TPSA) is 184 Å². The smallest absolute Gasteiger partial charge is 0.163 e. The zero-order chi connectivity index (χ0) is 44.9. The highest BCUT2D eigenvalue weighted by atomic mass is 16.5. The van der Waals surface area contributed by atoms with Gasteiger partial charge in [-0.2, -0.15) is 0 Å². The van der Waals surface area contributed by atoms with Crippen molar-refractivity contribution in [3.05, 3.63) is 60.7 Å². The van der Waals surface area contributed by atoms with Gasteiger partial charge in [0.25, 0.3) is 0 Å². The minimum absolute atomic E-state index is 0.219. The fourth-order valence-electron chi connectivity index (χ4n) is 6.72. The van der Waals surface area contributed by atoms with Crippen LogP contribution in [-0.2, 0) is 9.47 Å². The van der Waals surface area contributed by atoms with Crippen molar-refractivity contribution in [2.45, 2.75) is 83.7 Å². The molecule has 0 spiro atoms. The Kier molecular flexibility index (Phi) is 21.4. The number of aromatic nitrogens is 4. The zero-order valence-electron chi connectivity index (χ0n) is 38.4. The van der Waals surface area contributed by atoms with Gasteiger partial charge >= 0.3 is 0 Å². The average molecular weight is 861 g/mol. The number of aliphatic hydroxyl groups is 2. The van der Waals surface area contributed by atoms with Gasteiger partial charge in [-0.3, -0.25) is 0 Å². The molecule has 62 heavy (non-hydrogen) atoms. The first-order valence-corrected chi connectivity index (χ1v) is 22.0. The molecule has 0 bridgehead atoms. The lowest BCUT2D eigenvalue weighted by Gasteiger charge is -2.32. The van der Waals surface area contributed by atoms with Gasteiger partial charge < -0.3 is 60.2 Å². The molecule has 2 aliphatic rings. The van der Waals surface area contributed by atoms with Crippen LogP contribution in [0.4, 0.5) is 23.3 Å². The van der Waals surface area contributed by atoms with Gasteiger partial charge in [0, 0.05) is 102 Å². The van der Waals surface area contributed by atoms with E-state index in [2.05, 4.69) is 47.1 Å². The van der Waals surface area contributed by atoms with Gasteiger partial charge in [0.2, 0.25) is 0 Å². The van der Waals surface area contributed by atoms with Gasteiger partial charge in [-0.05, 0) is 77.9 Å². The minimum Gasteiger partial charge on any atom is -0.491 e. The van der Waals surface area contributed by atoms with Crippen molar-refractivity contribution in [1.29, 1.82) is 0 Å². The summed E-state index contributed by atoms with van der Waals surface area (Å²) in [5, 5.41) is 32.5. The monoisotopic (exact) mass is 861 g/mol. The maximum Gasteiger partial charge on any atom is 0.163 e. The lowest BCUT2D eigenvalue weighted by Crippen LogP contribution is -2.37. The molecule has 2 aromatic carbocycles. The van der Waals surface area contributed by atoms with Crippen molar-refractivity contribution in [3.8, 4) is 34.3 Å². The fourth-order valence-corrected chi connectivity index (χ4v) is 6.72. The molecular formula is C46H72N10O6. The number of hydrogen-bond donors (Lipinski definition) is 6. The molecule has 0 radical (unpaired) electrons. The summed E-state index contributed by atoms with van der Waals surface area (Å²) >= 11 is 0. The van der Waals surface area contributed by atoms with Gasteiger partial charge in [-0.1, -0.05) is 38.1 Å². The standard InChI is InChI=1S/2C22H33N5O3.C2H6/c1-23-14-18(28)15-30-19-7-5-6-16(12-19)22-24-20(26(2)3)13-21(25-22)27(4)17-8-10-29-11-9-17;1-15(2)24-20-12-21(25-17-7-9-29-10-8-17)27-22(26-20)16-5-4-6-19(11-16)30-14-18(28)13-23-3;1-2/h5-7,12-13,17-18,23,28H,8-11,14-15H2,1-4H3;4-6,11-12,15,17-18,23,28H,7-10,13-14H2,1-3H3,(H2,24,25,26,27);1-2H3. The van der Waals surface area contributed by atoms with Gasteiger partial charge in [0.15, 0.2) is 11.6 Å². The van der Waals surface area contributed by atoms with Crippen molar-refractivity contribution >= 4 is 23.3 Å². The third-order valence-corrected chi connectivity index (χ3v) is 9.94. The molecule has 4 aromatic rings. The van der Waals surface area contributed by atoms with Crippen LogP contribution in [0.25, 0.3) is 22.8 Å². The second-order valence-electron chi connectivity index (χ2n) is 15.6. The van der Waals surface area contributed by atoms with Crippen LogP contribution >= 0.6 is 0 Å². The van der Waals surface area contributed by atoms with Crippen molar-refractivity contribution in [1.82, 2.24) is 30.6 Å². The van der Waals surface area contributed by atoms with E-state index in [0.29, 0.717) is 48.3 Å². The molecule has 2 aromatic heterocycles. The zero-order valence-corrected chi connectivity index (χ0v) is 38.4. The number of anilines is 4. The highest BCUT2D eigenvalue weighted by Gasteiger charge is 2.22. The van der Waals surface area contributed by atoms with E-state index in [1.54, 1.807) is 14.1 Å². The molecule has 4 heterocycles. The molecule has 2 saturated heterocycles. The molecule has 2 atom stereocenters. The fraction of sp³-hybridized carbons (Fsp3) is 0.565. The Hall–Kier alpha value is -4.84. The van der Waals surface area contributed by atoms with Crippen LogP contribution in [0.2, 0.25) is 0 Å². The average Bonchev–Trinajstić information content (AvgIpc) is 3.29. The number of hydrogen-bond acceptors (Lipinski definition) is 16. The van der Waals surface area contributed by atoms with Crippen molar-refractivity contribution < 1.29 is 29.2 Å². The maximum absolute atomic E-state index is 9.88. The first-order chi connectivity index (χ1) is 30.0. The Labute approximate surface area is 369 Å². The third kappa shape index (κ3) is 16.5. The van der Waals surface area contributed by atoms with Crippen LogP contribution < -0.4 is 40.5 Å². The molecule has 2 aliphatic heterocycles. The van der Waals surface area contributed by atoms with Gasteiger partial charge in [-0.25, -0.2) is 19.9 Å². The molecule has 6 rings (SSSR count). The van der Waals surface area contributed by atoms with Crippen LogP contribution in [0, 0.1) is 0 Å². The van der Waals surface area contributed by atoms with Crippen molar-refractivity contribution in [2.24, 2.45) is 0 Å². The molecule has 16 heteroatoms. The van der Waals surface area contributed by atoms with Gasteiger partial charge in [0.1, 0.15) is 60.2 Å². The number of likely N-dealkylation sites (N-methyl/N-ethyl adjacent to an activating group) is 2. The highest BCUT2D eigenvalue weighted by Crippen LogP contribution is 2.29. The SMILES string of the molecule is CC.CNCC(O)COc1cccc(-c2nc(N(C)C)cc(N(C)C3CCOCC3)n2)c1.CNCC(O)COc1cccc(-c2nc(NC(C)C)cc(NC3CCOCC3)n2)c1. The largest absolute Gasteiger partial charge is 0.491 e. The van der Waals surface area contributed by atoms with Crippen molar-refractivity contribution in [3.63, 3.8) is 0 Å². The Morgan fingerprint density at radius 3 is 1.69 bits per heavy atom. The highest BCUT2D eigenvalue weighted by molar-refractivity contribution is 5.64. The number of rotatable bonds is 19. The Morgan fingerprint density at radius 2 is 1.18 bits per heavy atom. The second kappa shape index (κ2) is 26.6. The summed E-state index contributed by atoms with van der Waals surface area (Å²) in [5.41, 5.74) is 1.74. The summed E-state index contributed by atoms with van der Waals surface area (Å²) in [6, 6.07) is 20.3. The van der Waals surface area contributed by atoms with Crippen LogP contribution in [0.15, 0.2) is 60.7 Å². The lowest BCUT2D eigenvalue weighted by molar-refractivity contribution is 0.0853. The second-order valence-corrected chi connectivity index (χ2v) is 15.6. The van der Waals surface area contributed by atoms with Crippen molar-refractivity contribution in [2.75, 3.05) is 108 Å². The predicted molar refractivity (Wildman–Crippen MR) is 250 cm³/mol. The van der Waals surface area contributed by atoms with Crippen LogP contribution in [0.5, 0.6) is 11.5 Å². The van der Waals surface area contributed by atoms with Crippen LogP contribution in [0.3, 0.4) is 0 Å². The van der Waals surface area contributed by atoms with Gasteiger partial charge in [0.05, 0.1) is 0 Å². The molecule has 342 valence electrons. The summed E-state index contributed by atoms with van der Waals surface area (Å²) in [6.45, 7) is 12.7. The predicted octanol–water partition coefficient (Wildman–Crippen LogP) is 5.32. The molecule has 0 amide bonds. The van der Waals surface area contributed by atoms with Crippen LogP contribution in [-0.4, -0.2) is 148 Å². The normalized spacial score (nSPS) is 15.3.